The highest BCUT2D eigenvalue weighted by Gasteiger charge is 2.13. The van der Waals surface area contributed by atoms with Gasteiger partial charge in [-0.3, -0.25) is 4.79 Å². The first-order valence-electron chi connectivity index (χ1n) is 7.14. The average molecular weight is 293 g/mol. The minimum absolute atomic E-state index is 0.145. The van der Waals surface area contributed by atoms with Gasteiger partial charge in [-0.1, -0.05) is 12.1 Å². The van der Waals surface area contributed by atoms with Crippen LogP contribution in [0.5, 0.6) is 0 Å². The fourth-order valence-corrected chi connectivity index (χ4v) is 2.06. The van der Waals surface area contributed by atoms with Crippen molar-refractivity contribution >= 4 is 17.3 Å². The Balaban J connectivity index is 2.02. The van der Waals surface area contributed by atoms with E-state index >= 15 is 0 Å². The summed E-state index contributed by atoms with van der Waals surface area (Å²) in [5.41, 5.74) is 4.46. The van der Waals surface area contributed by atoms with E-state index in [0.717, 1.165) is 5.69 Å². The molecule has 1 amide bonds. The summed E-state index contributed by atoms with van der Waals surface area (Å²) in [5, 5.41) is 14.9. The second-order valence-electron chi connectivity index (χ2n) is 5.35. The maximum absolute atomic E-state index is 12.2. The van der Waals surface area contributed by atoms with E-state index in [2.05, 4.69) is 23.6 Å². The number of amides is 1. The van der Waals surface area contributed by atoms with Gasteiger partial charge in [0.2, 0.25) is 5.91 Å². The van der Waals surface area contributed by atoms with Crippen molar-refractivity contribution in [1.29, 1.82) is 5.26 Å². The molecule has 112 valence electrons. The van der Waals surface area contributed by atoms with Crippen LogP contribution in [-0.4, -0.2) is 11.9 Å². The number of nitrogens with one attached hydrogen (secondary N) is 2. The second-order valence-corrected chi connectivity index (χ2v) is 5.35. The van der Waals surface area contributed by atoms with Gasteiger partial charge in [0.25, 0.3) is 0 Å². The van der Waals surface area contributed by atoms with Crippen LogP contribution in [0.25, 0.3) is 0 Å². The van der Waals surface area contributed by atoms with Crippen LogP contribution in [-0.2, 0) is 4.79 Å². The summed E-state index contributed by atoms with van der Waals surface area (Å²) in [7, 11) is 0. The van der Waals surface area contributed by atoms with Crippen LogP contribution in [0.1, 0.15) is 23.6 Å². The van der Waals surface area contributed by atoms with Gasteiger partial charge in [-0.05, 0) is 62.2 Å². The zero-order valence-corrected chi connectivity index (χ0v) is 13.0. The Bertz CT molecular complexity index is 731. The Morgan fingerprint density at radius 3 is 2.55 bits per heavy atom. The first-order valence-corrected chi connectivity index (χ1v) is 7.14. The first-order chi connectivity index (χ1) is 10.5. The van der Waals surface area contributed by atoms with Crippen LogP contribution >= 0.6 is 0 Å². The molecule has 0 aliphatic heterocycles. The Kier molecular flexibility index (Phi) is 4.80. The van der Waals surface area contributed by atoms with E-state index in [-0.39, 0.29) is 11.9 Å². The van der Waals surface area contributed by atoms with Crippen LogP contribution in [0.15, 0.2) is 42.5 Å². The number of hydrogen-bond donors (Lipinski definition) is 2. The molecule has 2 aromatic carbocycles. The number of nitriles is 1. The first kappa shape index (κ1) is 15.6. The molecule has 2 N–H and O–H groups in total. The number of carbonyl (C=O) groups is 1. The van der Waals surface area contributed by atoms with Crippen LogP contribution in [0.2, 0.25) is 0 Å². The fourth-order valence-electron chi connectivity index (χ4n) is 2.06. The number of nitrogens with zero attached hydrogens (tertiary/aromatic N) is 1. The van der Waals surface area contributed by atoms with Gasteiger partial charge in [0, 0.05) is 11.4 Å². The maximum Gasteiger partial charge on any atom is 0.246 e. The zero-order chi connectivity index (χ0) is 16.1. The molecule has 4 heteroatoms. The number of rotatable bonds is 4. The molecule has 0 radical (unpaired) electrons. The molecule has 0 saturated heterocycles. The van der Waals surface area contributed by atoms with Crippen molar-refractivity contribution in [2.45, 2.75) is 26.8 Å². The summed E-state index contributed by atoms with van der Waals surface area (Å²) in [6.45, 7) is 5.90. The number of benzene rings is 2. The molecular formula is C18H19N3O. The van der Waals surface area contributed by atoms with Crippen LogP contribution < -0.4 is 10.6 Å². The lowest BCUT2D eigenvalue weighted by Gasteiger charge is -2.16. The maximum atomic E-state index is 12.2. The van der Waals surface area contributed by atoms with E-state index in [1.54, 1.807) is 31.2 Å². The highest BCUT2D eigenvalue weighted by Crippen LogP contribution is 2.16. The molecule has 0 heterocycles. The minimum Gasteiger partial charge on any atom is -0.374 e. The molecule has 0 aromatic heterocycles. The van der Waals surface area contributed by atoms with E-state index in [1.165, 1.54) is 11.1 Å². The third-order valence-corrected chi connectivity index (χ3v) is 3.54. The van der Waals surface area contributed by atoms with Gasteiger partial charge < -0.3 is 10.6 Å². The monoisotopic (exact) mass is 293 g/mol. The van der Waals surface area contributed by atoms with Gasteiger partial charge in [-0.15, -0.1) is 0 Å². The summed E-state index contributed by atoms with van der Waals surface area (Å²) in [6, 6.07) is 14.5. The van der Waals surface area contributed by atoms with Gasteiger partial charge in [-0.2, -0.15) is 5.26 Å². The predicted octanol–water partition coefficient (Wildman–Crippen LogP) is 3.61. The second kappa shape index (κ2) is 6.77. The summed E-state index contributed by atoms with van der Waals surface area (Å²) in [6.07, 6.45) is 0. The minimum atomic E-state index is -0.382. The number of hydrogen-bond acceptors (Lipinski definition) is 3. The van der Waals surface area contributed by atoms with E-state index in [9.17, 15) is 4.79 Å². The molecule has 2 aromatic rings. The molecule has 2 rings (SSSR count). The molecule has 22 heavy (non-hydrogen) atoms. The normalized spacial score (nSPS) is 11.4. The molecule has 0 fully saturated rings. The van der Waals surface area contributed by atoms with Gasteiger partial charge in [-0.25, -0.2) is 0 Å². The van der Waals surface area contributed by atoms with Crippen LogP contribution in [0.3, 0.4) is 0 Å². The third kappa shape index (κ3) is 3.86. The lowest BCUT2D eigenvalue weighted by molar-refractivity contribution is -0.116. The highest BCUT2D eigenvalue weighted by molar-refractivity contribution is 5.96. The van der Waals surface area contributed by atoms with E-state index in [4.69, 9.17) is 5.26 Å². The number of anilines is 2. The zero-order valence-electron chi connectivity index (χ0n) is 13.0. The van der Waals surface area contributed by atoms with Crippen molar-refractivity contribution in [2.24, 2.45) is 0 Å². The van der Waals surface area contributed by atoms with Crippen molar-refractivity contribution in [1.82, 2.24) is 0 Å². The van der Waals surface area contributed by atoms with Crippen molar-refractivity contribution in [2.75, 3.05) is 10.6 Å². The molecule has 0 spiro atoms. The van der Waals surface area contributed by atoms with E-state index < -0.39 is 0 Å². The number of aryl methyl sites for hydroxylation is 2. The van der Waals surface area contributed by atoms with Gasteiger partial charge in [0.05, 0.1) is 11.6 Å². The van der Waals surface area contributed by atoms with Gasteiger partial charge >= 0.3 is 0 Å². The van der Waals surface area contributed by atoms with Gasteiger partial charge in [0.1, 0.15) is 6.04 Å². The Morgan fingerprint density at radius 2 is 1.86 bits per heavy atom. The lowest BCUT2D eigenvalue weighted by Crippen LogP contribution is -2.31. The summed E-state index contributed by atoms with van der Waals surface area (Å²) >= 11 is 0. The van der Waals surface area contributed by atoms with Crippen LogP contribution in [0, 0.1) is 25.2 Å². The SMILES string of the molecule is Cc1ccc(NC(C)C(=O)Nc2cccc(C#N)c2)cc1C. The Morgan fingerprint density at radius 1 is 1.09 bits per heavy atom. The fraction of sp³-hybridized carbons (Fsp3) is 0.222. The summed E-state index contributed by atoms with van der Waals surface area (Å²) < 4.78 is 0. The predicted molar refractivity (Wildman–Crippen MR) is 88.8 cm³/mol. The molecular weight excluding hydrogens is 274 g/mol. The largest absolute Gasteiger partial charge is 0.374 e. The van der Waals surface area contributed by atoms with Crippen molar-refractivity contribution < 1.29 is 4.79 Å². The number of carbonyl (C=O) groups excluding carboxylic acids is 1. The molecule has 0 aliphatic rings. The van der Waals surface area contributed by atoms with E-state index in [1.807, 2.05) is 25.1 Å². The quantitative estimate of drug-likeness (QED) is 0.905. The smallest absolute Gasteiger partial charge is 0.246 e. The molecule has 1 unspecified atom stereocenters. The van der Waals surface area contributed by atoms with Crippen molar-refractivity contribution in [3.63, 3.8) is 0 Å². The lowest BCUT2D eigenvalue weighted by atomic mass is 10.1. The van der Waals surface area contributed by atoms with E-state index in [0.29, 0.717) is 11.3 Å². The highest BCUT2D eigenvalue weighted by atomic mass is 16.2. The van der Waals surface area contributed by atoms with Crippen molar-refractivity contribution in [3.05, 3.63) is 59.2 Å². The Hall–Kier alpha value is -2.80. The summed E-state index contributed by atoms with van der Waals surface area (Å²) in [4.78, 5) is 12.2. The van der Waals surface area contributed by atoms with Gasteiger partial charge in [0.15, 0.2) is 0 Å². The molecule has 0 bridgehead atoms. The third-order valence-electron chi connectivity index (χ3n) is 3.54. The summed E-state index contributed by atoms with van der Waals surface area (Å²) in [5.74, 6) is -0.145. The average Bonchev–Trinajstić information content (AvgIpc) is 2.51. The van der Waals surface area contributed by atoms with Crippen molar-refractivity contribution in [3.8, 4) is 6.07 Å². The molecule has 1 atom stereocenters. The topological polar surface area (TPSA) is 64.9 Å². The Labute approximate surface area is 130 Å². The van der Waals surface area contributed by atoms with Crippen LogP contribution in [0.4, 0.5) is 11.4 Å². The standard InChI is InChI=1S/C18H19N3O/c1-12-7-8-17(9-13(12)2)20-14(3)18(22)21-16-6-4-5-15(10-16)11-19/h4-10,14,20H,1-3H3,(H,21,22). The molecule has 0 aliphatic carbocycles. The molecule has 0 saturated carbocycles. The molecule has 4 nitrogen and oxygen atoms in total.